The maximum atomic E-state index is 12.6. The Morgan fingerprint density at radius 1 is 1.14 bits per heavy atom. The van der Waals surface area contributed by atoms with Crippen LogP contribution in [0.25, 0.3) is 0 Å². The lowest BCUT2D eigenvalue weighted by Gasteiger charge is -2.09. The lowest BCUT2D eigenvalue weighted by atomic mass is 10.2. The maximum absolute atomic E-state index is 12.6. The van der Waals surface area contributed by atoms with Gasteiger partial charge in [0.1, 0.15) is 5.75 Å². The van der Waals surface area contributed by atoms with Crippen molar-refractivity contribution in [1.29, 1.82) is 0 Å². The summed E-state index contributed by atoms with van der Waals surface area (Å²) in [4.78, 5) is 12.2. The van der Waals surface area contributed by atoms with E-state index in [1.165, 1.54) is 48.9 Å². The van der Waals surface area contributed by atoms with Gasteiger partial charge in [-0.25, -0.2) is 13.8 Å². The Bertz CT molecular complexity index is 1080. The first-order chi connectivity index (χ1) is 13.5. The second kappa shape index (κ2) is 8.68. The second-order valence-electron chi connectivity index (χ2n) is 5.62. The summed E-state index contributed by atoms with van der Waals surface area (Å²) in [6.45, 7) is 0. The maximum Gasteiger partial charge on any atom is 0.271 e. The van der Waals surface area contributed by atoms with Gasteiger partial charge in [0.2, 0.25) is 0 Å². The molecule has 7 nitrogen and oxygen atoms in total. The average molecular weight is 415 g/mol. The summed E-state index contributed by atoms with van der Waals surface area (Å²) in [5.41, 5.74) is 3.82. The van der Waals surface area contributed by atoms with Crippen LogP contribution in [-0.2, 0) is 10.0 Å². The van der Waals surface area contributed by atoms with E-state index in [0.29, 0.717) is 11.4 Å². The number of nitrogens with one attached hydrogen (secondary N) is 2. The van der Waals surface area contributed by atoms with Crippen molar-refractivity contribution in [3.8, 4) is 5.75 Å². The van der Waals surface area contributed by atoms with Crippen molar-refractivity contribution in [2.45, 2.75) is 4.90 Å². The van der Waals surface area contributed by atoms with Crippen molar-refractivity contribution >= 4 is 39.2 Å². The predicted molar refractivity (Wildman–Crippen MR) is 110 cm³/mol. The van der Waals surface area contributed by atoms with Gasteiger partial charge >= 0.3 is 0 Å². The number of nitrogens with zero attached hydrogens (tertiary/aromatic N) is 1. The van der Waals surface area contributed by atoms with Crippen LogP contribution in [0.4, 0.5) is 5.69 Å². The Kier molecular flexibility index (Phi) is 6.07. The number of hydrogen-bond donors (Lipinski definition) is 2. The molecule has 3 rings (SSSR count). The molecule has 0 aliphatic rings. The van der Waals surface area contributed by atoms with E-state index >= 15 is 0 Å². The smallest absolute Gasteiger partial charge is 0.271 e. The number of carbonyl (C=O) groups excluding carboxylic acids is 1. The first kappa shape index (κ1) is 19.6. The fourth-order valence-corrected chi connectivity index (χ4v) is 3.97. The standard InChI is InChI=1S/C19H17N3O4S2/c1-26-17-7-5-16(6-8-17)22-28(24,25)18-4-2-3-15(11-18)19(23)21-20-12-14-9-10-27-13-14/h2-13,22H,1H3,(H,21,23)/b20-12-. The third kappa shape index (κ3) is 4.96. The molecule has 28 heavy (non-hydrogen) atoms. The Balaban J connectivity index is 1.72. The molecular formula is C19H17N3O4S2. The lowest BCUT2D eigenvalue weighted by molar-refractivity contribution is 0.0955. The third-order valence-corrected chi connectivity index (χ3v) is 5.75. The average Bonchev–Trinajstić information content (AvgIpc) is 3.22. The van der Waals surface area contributed by atoms with Gasteiger partial charge in [0.15, 0.2) is 0 Å². The van der Waals surface area contributed by atoms with Crippen molar-refractivity contribution in [2.24, 2.45) is 5.10 Å². The molecule has 0 radical (unpaired) electrons. The van der Waals surface area contributed by atoms with Crippen molar-refractivity contribution in [3.05, 3.63) is 76.5 Å². The number of ether oxygens (including phenoxy) is 1. The molecule has 0 unspecified atom stereocenters. The second-order valence-corrected chi connectivity index (χ2v) is 8.08. The van der Waals surface area contributed by atoms with Crippen LogP contribution in [0.15, 0.2) is 75.4 Å². The van der Waals surface area contributed by atoms with Crippen LogP contribution in [0.5, 0.6) is 5.75 Å². The number of hydrazone groups is 1. The minimum absolute atomic E-state index is 0.0298. The van der Waals surface area contributed by atoms with Crippen LogP contribution < -0.4 is 14.9 Å². The number of amides is 1. The SMILES string of the molecule is COc1ccc(NS(=O)(=O)c2cccc(C(=O)N/N=C\c3ccsc3)c2)cc1. The molecule has 3 aromatic rings. The molecule has 0 saturated carbocycles. The highest BCUT2D eigenvalue weighted by Gasteiger charge is 2.16. The first-order valence-corrected chi connectivity index (χ1v) is 10.5. The highest BCUT2D eigenvalue weighted by Crippen LogP contribution is 2.20. The summed E-state index contributed by atoms with van der Waals surface area (Å²) in [6, 6.07) is 14.1. The molecule has 0 saturated heterocycles. The highest BCUT2D eigenvalue weighted by atomic mass is 32.2. The number of methoxy groups -OCH3 is 1. The summed E-state index contributed by atoms with van der Waals surface area (Å²) in [5.74, 6) is 0.109. The topological polar surface area (TPSA) is 96.9 Å². The summed E-state index contributed by atoms with van der Waals surface area (Å²) < 4.78 is 32.7. The Hall–Kier alpha value is -3.17. The minimum Gasteiger partial charge on any atom is -0.497 e. The van der Waals surface area contributed by atoms with Crippen molar-refractivity contribution < 1.29 is 17.9 Å². The van der Waals surface area contributed by atoms with Crippen LogP contribution in [0.1, 0.15) is 15.9 Å². The van der Waals surface area contributed by atoms with E-state index in [9.17, 15) is 13.2 Å². The number of benzene rings is 2. The number of anilines is 1. The minimum atomic E-state index is -3.85. The molecule has 0 bridgehead atoms. The Labute approximate surface area is 166 Å². The summed E-state index contributed by atoms with van der Waals surface area (Å²) in [7, 11) is -2.32. The van der Waals surface area contributed by atoms with Crippen molar-refractivity contribution in [1.82, 2.24) is 5.43 Å². The zero-order valence-electron chi connectivity index (χ0n) is 14.8. The monoisotopic (exact) mass is 415 g/mol. The summed E-state index contributed by atoms with van der Waals surface area (Å²) >= 11 is 1.52. The largest absolute Gasteiger partial charge is 0.497 e. The van der Waals surface area contributed by atoms with E-state index in [1.807, 2.05) is 16.8 Å². The van der Waals surface area contributed by atoms with E-state index in [0.717, 1.165) is 5.56 Å². The normalized spacial score (nSPS) is 11.3. The van der Waals surface area contributed by atoms with Gasteiger partial charge in [0.25, 0.3) is 15.9 Å². The molecule has 1 aromatic heterocycles. The van der Waals surface area contributed by atoms with Gasteiger partial charge in [-0.2, -0.15) is 16.4 Å². The quantitative estimate of drug-likeness (QED) is 0.457. The number of hydrogen-bond acceptors (Lipinski definition) is 6. The molecule has 2 aromatic carbocycles. The Morgan fingerprint density at radius 3 is 2.61 bits per heavy atom. The molecule has 2 N–H and O–H groups in total. The molecule has 144 valence electrons. The fraction of sp³-hybridized carbons (Fsp3) is 0.0526. The van der Waals surface area contributed by atoms with Crippen LogP contribution >= 0.6 is 11.3 Å². The number of rotatable bonds is 7. The fourth-order valence-electron chi connectivity index (χ4n) is 2.26. The molecule has 0 aliphatic heterocycles. The van der Waals surface area contributed by atoms with Gasteiger partial charge in [-0.1, -0.05) is 6.07 Å². The highest BCUT2D eigenvalue weighted by molar-refractivity contribution is 7.92. The van der Waals surface area contributed by atoms with Gasteiger partial charge in [0.05, 0.1) is 18.2 Å². The summed E-state index contributed by atoms with van der Waals surface area (Å²) in [6.07, 6.45) is 1.51. The molecule has 9 heteroatoms. The zero-order chi connectivity index (χ0) is 20.0. The van der Waals surface area contributed by atoms with Crippen LogP contribution in [0, 0.1) is 0 Å². The van der Waals surface area contributed by atoms with Crippen LogP contribution in [-0.4, -0.2) is 27.6 Å². The Morgan fingerprint density at radius 2 is 1.93 bits per heavy atom. The van der Waals surface area contributed by atoms with E-state index in [2.05, 4.69) is 15.2 Å². The van der Waals surface area contributed by atoms with Crippen molar-refractivity contribution in [2.75, 3.05) is 11.8 Å². The molecule has 0 atom stereocenters. The van der Waals surface area contributed by atoms with Crippen LogP contribution in [0.3, 0.4) is 0 Å². The number of sulfonamides is 1. The van der Waals surface area contributed by atoms with E-state index in [-0.39, 0.29) is 10.5 Å². The first-order valence-electron chi connectivity index (χ1n) is 8.10. The van der Waals surface area contributed by atoms with E-state index < -0.39 is 15.9 Å². The van der Waals surface area contributed by atoms with Gasteiger partial charge < -0.3 is 4.74 Å². The van der Waals surface area contributed by atoms with Gasteiger partial charge in [-0.05, 0) is 59.3 Å². The molecular weight excluding hydrogens is 398 g/mol. The molecule has 0 spiro atoms. The van der Waals surface area contributed by atoms with Crippen LogP contribution in [0.2, 0.25) is 0 Å². The summed E-state index contributed by atoms with van der Waals surface area (Å²) in [5, 5.41) is 7.65. The van der Waals surface area contributed by atoms with Crippen molar-refractivity contribution in [3.63, 3.8) is 0 Å². The zero-order valence-corrected chi connectivity index (χ0v) is 16.5. The molecule has 0 fully saturated rings. The number of thiophene rings is 1. The predicted octanol–water partition coefficient (Wildman–Crippen LogP) is 3.32. The lowest BCUT2D eigenvalue weighted by Crippen LogP contribution is -2.19. The van der Waals surface area contributed by atoms with Gasteiger partial charge in [0, 0.05) is 16.8 Å². The third-order valence-electron chi connectivity index (χ3n) is 3.67. The molecule has 1 heterocycles. The molecule has 1 amide bonds. The molecule has 0 aliphatic carbocycles. The van der Waals surface area contributed by atoms with E-state index in [1.54, 1.807) is 24.3 Å². The van der Waals surface area contributed by atoms with Gasteiger partial charge in [-0.3, -0.25) is 9.52 Å². The number of carbonyl (C=O) groups is 1. The van der Waals surface area contributed by atoms with Gasteiger partial charge in [-0.15, -0.1) is 0 Å². The van der Waals surface area contributed by atoms with E-state index in [4.69, 9.17) is 4.74 Å².